The topological polar surface area (TPSA) is 50.7 Å². The molecule has 2 nitrogen and oxygen atoms in total. The van der Waals surface area contributed by atoms with Gasteiger partial charge in [-0.3, -0.25) is 0 Å². The summed E-state index contributed by atoms with van der Waals surface area (Å²) in [5.74, 6) is 0. The zero-order valence-corrected chi connectivity index (χ0v) is 14.9. The van der Waals surface area contributed by atoms with Crippen LogP contribution in [-0.2, 0) is 5.54 Å². The van der Waals surface area contributed by atoms with Gasteiger partial charge in [-0.05, 0) is 0 Å². The third-order valence-electron chi connectivity index (χ3n) is 4.30. The van der Waals surface area contributed by atoms with Gasteiger partial charge in [0, 0.05) is 16.7 Å². The van der Waals surface area contributed by atoms with Crippen LogP contribution < -0.4 is 10.8 Å². The van der Waals surface area contributed by atoms with Gasteiger partial charge in [-0.1, -0.05) is 111 Å². The summed E-state index contributed by atoms with van der Waals surface area (Å²) in [5.41, 5.74) is 7.83. The van der Waals surface area contributed by atoms with E-state index < -0.39 is 0 Å². The first-order valence-electron chi connectivity index (χ1n) is 8.83. The molecular weight excluding hydrogens is 306 g/mol. The van der Waals surface area contributed by atoms with Crippen LogP contribution in [-0.4, -0.2) is 6.61 Å². The lowest BCUT2D eigenvalue weighted by Gasteiger charge is -2.27. The Bertz CT molecular complexity index is 612. The Labute approximate surface area is 151 Å². The van der Waals surface area contributed by atoms with E-state index in [1.807, 2.05) is 25.1 Å². The molecule has 0 aromatic heterocycles. The van der Waals surface area contributed by atoms with Gasteiger partial charge in [0.25, 0.3) is 0 Å². The molecule has 0 spiro atoms. The van der Waals surface area contributed by atoms with Crippen molar-refractivity contribution in [2.24, 2.45) is 0 Å². The van der Waals surface area contributed by atoms with E-state index in [1.165, 1.54) is 16.7 Å². The largest absolute Gasteiger partial charge is 0.854 e. The minimum absolute atomic E-state index is 0.0938. The third-order valence-corrected chi connectivity index (χ3v) is 4.30. The SMILES string of the molecule is CCCC[O-].[NH3+]C(c1ccccc1)(c1ccccc1)c1ccccc1. The van der Waals surface area contributed by atoms with Gasteiger partial charge < -0.3 is 10.8 Å². The van der Waals surface area contributed by atoms with Gasteiger partial charge >= 0.3 is 0 Å². The fourth-order valence-corrected chi connectivity index (χ4v) is 2.81. The molecule has 0 heterocycles. The van der Waals surface area contributed by atoms with Crippen LogP contribution in [0.2, 0.25) is 0 Å². The second-order valence-corrected chi connectivity index (χ2v) is 6.06. The molecule has 3 aromatic rings. The Balaban J connectivity index is 0.000000399. The number of benzene rings is 3. The van der Waals surface area contributed by atoms with E-state index in [0.717, 1.165) is 12.8 Å². The van der Waals surface area contributed by atoms with Gasteiger partial charge in [-0.15, -0.1) is 6.61 Å². The molecule has 0 radical (unpaired) electrons. The highest BCUT2D eigenvalue weighted by molar-refractivity contribution is 5.45. The van der Waals surface area contributed by atoms with Gasteiger partial charge in [-0.25, -0.2) is 0 Å². The lowest BCUT2D eigenvalue weighted by molar-refractivity contribution is -0.455. The van der Waals surface area contributed by atoms with E-state index in [-0.39, 0.29) is 12.1 Å². The number of unbranched alkanes of at least 4 members (excludes halogenated alkanes) is 1. The summed E-state index contributed by atoms with van der Waals surface area (Å²) in [7, 11) is 0. The highest BCUT2D eigenvalue weighted by atomic mass is 16.2. The molecule has 0 saturated heterocycles. The molecule has 130 valence electrons. The van der Waals surface area contributed by atoms with Crippen LogP contribution in [0.15, 0.2) is 91.0 Å². The highest BCUT2D eigenvalue weighted by Gasteiger charge is 2.35. The summed E-state index contributed by atoms with van der Waals surface area (Å²) >= 11 is 0. The Morgan fingerprint density at radius 2 is 1.00 bits per heavy atom. The van der Waals surface area contributed by atoms with Crippen molar-refractivity contribution in [3.8, 4) is 0 Å². The first kappa shape index (κ1) is 18.9. The molecule has 3 N–H and O–H groups in total. The standard InChI is InChI=1S/C19H17N.C4H9O/c20-19(16-10-4-1-5-11-16,17-12-6-2-7-13-17)18-14-8-3-9-15-18;1-2-3-4-5/h1-15H,20H2;2-4H2,1H3/q;-1/p+1. The summed E-state index contributed by atoms with van der Waals surface area (Å²) in [5, 5.41) is 9.53. The highest BCUT2D eigenvalue weighted by Crippen LogP contribution is 2.31. The smallest absolute Gasteiger partial charge is 0.172 e. The van der Waals surface area contributed by atoms with Gasteiger partial charge in [0.05, 0.1) is 0 Å². The number of quaternary nitrogens is 1. The first-order valence-corrected chi connectivity index (χ1v) is 8.83. The molecule has 0 atom stereocenters. The zero-order valence-electron chi connectivity index (χ0n) is 14.9. The van der Waals surface area contributed by atoms with Crippen LogP contribution in [0.5, 0.6) is 0 Å². The molecule has 0 bridgehead atoms. The van der Waals surface area contributed by atoms with Crippen LogP contribution in [0.4, 0.5) is 0 Å². The molecule has 3 rings (SSSR count). The van der Waals surface area contributed by atoms with Crippen LogP contribution in [0.1, 0.15) is 36.5 Å². The lowest BCUT2D eigenvalue weighted by atomic mass is 9.78. The fourth-order valence-electron chi connectivity index (χ4n) is 2.81. The summed E-state index contributed by atoms with van der Waals surface area (Å²) in [4.78, 5) is 0. The molecule has 0 aliphatic heterocycles. The van der Waals surface area contributed by atoms with Crippen molar-refractivity contribution in [2.75, 3.05) is 6.61 Å². The Hall–Kier alpha value is -2.42. The second-order valence-electron chi connectivity index (χ2n) is 6.06. The molecular formula is C23H27NO. The molecule has 0 aliphatic rings. The van der Waals surface area contributed by atoms with Crippen molar-refractivity contribution < 1.29 is 10.8 Å². The summed E-state index contributed by atoms with van der Waals surface area (Å²) in [6.45, 7) is 2.11. The third kappa shape index (κ3) is 4.79. The van der Waals surface area contributed by atoms with Crippen LogP contribution in [0, 0.1) is 0 Å². The van der Waals surface area contributed by atoms with Crippen LogP contribution in [0.3, 0.4) is 0 Å². The van der Waals surface area contributed by atoms with E-state index in [1.54, 1.807) is 0 Å². The quantitative estimate of drug-likeness (QED) is 0.715. The van der Waals surface area contributed by atoms with Gasteiger partial charge in [0.15, 0.2) is 5.54 Å². The summed E-state index contributed by atoms with van der Waals surface area (Å²) in [6.07, 6.45) is 1.86. The van der Waals surface area contributed by atoms with Crippen molar-refractivity contribution in [1.82, 2.24) is 0 Å². The maximum atomic E-state index is 9.53. The fraction of sp³-hybridized carbons (Fsp3) is 0.217. The van der Waals surface area contributed by atoms with E-state index >= 15 is 0 Å². The number of rotatable bonds is 5. The Kier molecular flexibility index (Phi) is 7.39. The maximum absolute atomic E-state index is 9.53. The normalized spacial score (nSPS) is 10.7. The maximum Gasteiger partial charge on any atom is 0.172 e. The zero-order chi connectivity index (χ0) is 18.0. The molecule has 0 unspecified atom stereocenters. The van der Waals surface area contributed by atoms with Crippen molar-refractivity contribution in [2.45, 2.75) is 25.3 Å². The molecule has 0 amide bonds. The van der Waals surface area contributed by atoms with E-state index in [0.29, 0.717) is 0 Å². The van der Waals surface area contributed by atoms with Crippen LogP contribution in [0.25, 0.3) is 0 Å². The molecule has 0 saturated carbocycles. The number of hydrogen-bond donors (Lipinski definition) is 1. The van der Waals surface area contributed by atoms with Gasteiger partial charge in [-0.2, -0.15) is 0 Å². The van der Waals surface area contributed by atoms with Crippen molar-refractivity contribution in [3.63, 3.8) is 0 Å². The minimum Gasteiger partial charge on any atom is -0.854 e. The van der Waals surface area contributed by atoms with Crippen molar-refractivity contribution in [3.05, 3.63) is 108 Å². The Morgan fingerprint density at radius 3 is 1.20 bits per heavy atom. The molecule has 25 heavy (non-hydrogen) atoms. The molecule has 3 aromatic carbocycles. The molecule has 2 heteroatoms. The monoisotopic (exact) mass is 333 g/mol. The summed E-state index contributed by atoms with van der Waals surface area (Å²) in [6, 6.07) is 31.4. The number of hydrogen-bond acceptors (Lipinski definition) is 1. The van der Waals surface area contributed by atoms with E-state index in [9.17, 15) is 5.11 Å². The minimum atomic E-state index is -0.371. The van der Waals surface area contributed by atoms with Crippen LogP contribution >= 0.6 is 0 Å². The average molecular weight is 333 g/mol. The molecule has 0 aliphatic carbocycles. The summed E-state index contributed by atoms with van der Waals surface area (Å²) < 4.78 is 0. The van der Waals surface area contributed by atoms with Gasteiger partial charge in [0.1, 0.15) is 0 Å². The Morgan fingerprint density at radius 1 is 0.680 bits per heavy atom. The lowest BCUT2D eigenvalue weighted by Crippen LogP contribution is -2.71. The van der Waals surface area contributed by atoms with Gasteiger partial charge in [0.2, 0.25) is 0 Å². The second kappa shape index (κ2) is 9.77. The van der Waals surface area contributed by atoms with E-state index in [4.69, 9.17) is 0 Å². The average Bonchev–Trinajstić information content (AvgIpc) is 2.70. The van der Waals surface area contributed by atoms with Crippen molar-refractivity contribution >= 4 is 0 Å². The predicted molar refractivity (Wildman–Crippen MR) is 102 cm³/mol. The van der Waals surface area contributed by atoms with Crippen molar-refractivity contribution in [1.29, 1.82) is 0 Å². The first-order chi connectivity index (χ1) is 12.2. The molecule has 0 fully saturated rings. The predicted octanol–water partition coefficient (Wildman–Crippen LogP) is 3.37. The van der Waals surface area contributed by atoms with E-state index in [2.05, 4.69) is 78.5 Å².